The van der Waals surface area contributed by atoms with Gasteiger partial charge < -0.3 is 5.73 Å². The Bertz CT molecular complexity index is 728. The molecule has 0 saturated carbocycles. The third kappa shape index (κ3) is 2.27. The molecule has 0 spiro atoms. The van der Waals surface area contributed by atoms with Gasteiger partial charge in [-0.25, -0.2) is 9.97 Å². The van der Waals surface area contributed by atoms with Crippen LogP contribution in [0.4, 0.5) is 5.13 Å². The van der Waals surface area contributed by atoms with Crippen LogP contribution in [-0.4, -0.2) is 9.97 Å². The first-order valence-electron chi connectivity index (χ1n) is 5.90. The van der Waals surface area contributed by atoms with Crippen LogP contribution in [0.15, 0.2) is 29.6 Å². The molecule has 0 radical (unpaired) electrons. The first-order chi connectivity index (χ1) is 9.15. The van der Waals surface area contributed by atoms with E-state index < -0.39 is 0 Å². The zero-order valence-corrected chi connectivity index (χ0v) is 12.3. The van der Waals surface area contributed by atoms with Crippen LogP contribution < -0.4 is 5.73 Å². The van der Waals surface area contributed by atoms with Crippen molar-refractivity contribution in [1.29, 1.82) is 0 Å². The van der Waals surface area contributed by atoms with Crippen molar-refractivity contribution < 1.29 is 0 Å². The quantitative estimate of drug-likeness (QED) is 0.771. The Morgan fingerprint density at radius 1 is 1.11 bits per heavy atom. The van der Waals surface area contributed by atoms with Gasteiger partial charge in [0, 0.05) is 10.9 Å². The third-order valence-corrected chi connectivity index (χ3v) is 4.81. The van der Waals surface area contributed by atoms with Gasteiger partial charge in [0.15, 0.2) is 5.13 Å². The molecule has 2 N–H and O–H groups in total. The average Bonchev–Trinajstić information content (AvgIpc) is 2.96. The van der Waals surface area contributed by atoms with Crippen LogP contribution in [0.1, 0.15) is 11.3 Å². The van der Waals surface area contributed by atoms with Crippen molar-refractivity contribution in [3.8, 4) is 21.1 Å². The molecule has 1 aromatic carbocycles. The number of benzene rings is 1. The fourth-order valence-electron chi connectivity index (χ4n) is 1.95. The molecular weight excluding hydrogens is 274 g/mol. The van der Waals surface area contributed by atoms with Gasteiger partial charge in [0.2, 0.25) is 0 Å². The van der Waals surface area contributed by atoms with E-state index in [1.165, 1.54) is 22.5 Å². The molecule has 19 heavy (non-hydrogen) atoms. The summed E-state index contributed by atoms with van der Waals surface area (Å²) in [5, 5.41) is 3.62. The minimum absolute atomic E-state index is 0.597. The normalized spacial score (nSPS) is 10.8. The van der Waals surface area contributed by atoms with Gasteiger partial charge in [-0.1, -0.05) is 24.3 Å². The van der Waals surface area contributed by atoms with Crippen LogP contribution in [0.3, 0.4) is 0 Å². The number of aromatic nitrogens is 2. The fourth-order valence-corrected chi connectivity index (χ4v) is 3.70. The van der Waals surface area contributed by atoms with Crippen LogP contribution in [-0.2, 0) is 0 Å². The summed E-state index contributed by atoms with van der Waals surface area (Å²) in [6, 6.07) is 8.29. The van der Waals surface area contributed by atoms with E-state index in [2.05, 4.69) is 29.0 Å². The summed E-state index contributed by atoms with van der Waals surface area (Å²) >= 11 is 3.13. The summed E-state index contributed by atoms with van der Waals surface area (Å²) in [7, 11) is 0. The fraction of sp³-hybridized carbons (Fsp3) is 0.143. The zero-order valence-electron chi connectivity index (χ0n) is 10.7. The van der Waals surface area contributed by atoms with E-state index >= 15 is 0 Å². The highest BCUT2D eigenvalue weighted by molar-refractivity contribution is 7.19. The van der Waals surface area contributed by atoms with Crippen molar-refractivity contribution in [2.75, 3.05) is 5.73 Å². The second kappa shape index (κ2) is 4.75. The number of aryl methyl sites for hydroxylation is 2. The number of nitrogen functional groups attached to an aromatic ring is 1. The van der Waals surface area contributed by atoms with Gasteiger partial charge in [-0.3, -0.25) is 0 Å². The molecule has 2 aromatic heterocycles. The maximum atomic E-state index is 5.70. The van der Waals surface area contributed by atoms with E-state index in [4.69, 9.17) is 5.73 Å². The Balaban J connectivity index is 2.10. The lowest BCUT2D eigenvalue weighted by Crippen LogP contribution is -1.83. The van der Waals surface area contributed by atoms with Gasteiger partial charge in [0.1, 0.15) is 5.01 Å². The molecule has 0 aliphatic rings. The van der Waals surface area contributed by atoms with Crippen LogP contribution >= 0.6 is 22.7 Å². The number of nitrogens with zero attached hydrogens (tertiary/aromatic N) is 2. The molecule has 0 aliphatic heterocycles. The monoisotopic (exact) mass is 287 g/mol. The van der Waals surface area contributed by atoms with Crippen LogP contribution in [0.25, 0.3) is 21.1 Å². The number of nitrogens with two attached hydrogens (primary N) is 1. The van der Waals surface area contributed by atoms with Gasteiger partial charge >= 0.3 is 0 Å². The highest BCUT2D eigenvalue weighted by atomic mass is 32.1. The maximum Gasteiger partial charge on any atom is 0.180 e. The van der Waals surface area contributed by atoms with E-state index in [0.29, 0.717) is 5.13 Å². The molecule has 96 valence electrons. The summed E-state index contributed by atoms with van der Waals surface area (Å²) in [4.78, 5) is 10.1. The molecule has 3 rings (SSSR count). The number of hydrogen-bond acceptors (Lipinski definition) is 5. The minimum atomic E-state index is 0.597. The largest absolute Gasteiger partial charge is 0.375 e. The predicted octanol–water partition coefficient (Wildman–Crippen LogP) is 4.13. The molecule has 0 amide bonds. The summed E-state index contributed by atoms with van der Waals surface area (Å²) in [6.07, 6.45) is 0. The van der Waals surface area contributed by atoms with Gasteiger partial charge in [0.05, 0.1) is 16.3 Å². The van der Waals surface area contributed by atoms with Crippen molar-refractivity contribution in [2.24, 2.45) is 0 Å². The summed E-state index contributed by atoms with van der Waals surface area (Å²) < 4.78 is 0. The second-order valence-corrected chi connectivity index (χ2v) is 6.21. The topological polar surface area (TPSA) is 51.8 Å². The standard InChI is InChI=1S/C14H13N3S2/c1-8-5-3-4-6-10(8)13-16-9(2)12(19-13)11-7-18-14(15)17-11/h3-7H,1-2H3,(H2,15,17). The lowest BCUT2D eigenvalue weighted by atomic mass is 10.1. The zero-order chi connectivity index (χ0) is 13.4. The highest BCUT2D eigenvalue weighted by Crippen LogP contribution is 2.36. The van der Waals surface area contributed by atoms with Crippen molar-refractivity contribution >= 4 is 27.8 Å². The molecule has 3 aromatic rings. The molecule has 2 heterocycles. The van der Waals surface area contributed by atoms with Crippen molar-refractivity contribution in [1.82, 2.24) is 9.97 Å². The molecule has 0 atom stereocenters. The second-order valence-electron chi connectivity index (χ2n) is 4.32. The first-order valence-corrected chi connectivity index (χ1v) is 7.59. The number of rotatable bonds is 2. The molecule has 5 heteroatoms. The van der Waals surface area contributed by atoms with Gasteiger partial charge in [-0.05, 0) is 19.4 Å². The summed E-state index contributed by atoms with van der Waals surface area (Å²) in [5.74, 6) is 0. The van der Waals surface area contributed by atoms with Crippen LogP contribution in [0.5, 0.6) is 0 Å². The van der Waals surface area contributed by atoms with Crippen LogP contribution in [0, 0.1) is 13.8 Å². The Morgan fingerprint density at radius 3 is 2.58 bits per heavy atom. The summed E-state index contributed by atoms with van der Waals surface area (Å²) in [5.41, 5.74) is 10.1. The Hall–Kier alpha value is -1.72. The number of anilines is 1. The molecule has 0 bridgehead atoms. The van der Waals surface area contributed by atoms with E-state index in [-0.39, 0.29) is 0 Å². The van der Waals surface area contributed by atoms with E-state index in [9.17, 15) is 0 Å². The Kier molecular flexibility index (Phi) is 3.08. The Morgan fingerprint density at radius 2 is 1.89 bits per heavy atom. The van der Waals surface area contributed by atoms with Crippen molar-refractivity contribution in [3.63, 3.8) is 0 Å². The highest BCUT2D eigenvalue weighted by Gasteiger charge is 2.14. The van der Waals surface area contributed by atoms with Crippen molar-refractivity contribution in [2.45, 2.75) is 13.8 Å². The van der Waals surface area contributed by atoms with Gasteiger partial charge in [0.25, 0.3) is 0 Å². The summed E-state index contributed by atoms with van der Waals surface area (Å²) in [6.45, 7) is 4.12. The van der Waals surface area contributed by atoms with E-state index in [0.717, 1.165) is 21.3 Å². The lowest BCUT2D eigenvalue weighted by Gasteiger charge is -1.99. The minimum Gasteiger partial charge on any atom is -0.375 e. The lowest BCUT2D eigenvalue weighted by molar-refractivity contribution is 1.25. The number of hydrogen-bond donors (Lipinski definition) is 1. The molecule has 0 fully saturated rings. The maximum absolute atomic E-state index is 5.70. The van der Waals surface area contributed by atoms with E-state index in [1.54, 1.807) is 11.3 Å². The number of thiazole rings is 2. The van der Waals surface area contributed by atoms with Gasteiger partial charge in [-0.2, -0.15) is 0 Å². The smallest absolute Gasteiger partial charge is 0.180 e. The molecular formula is C14H13N3S2. The molecule has 0 saturated heterocycles. The predicted molar refractivity (Wildman–Crippen MR) is 82.5 cm³/mol. The molecule has 0 unspecified atom stereocenters. The van der Waals surface area contributed by atoms with Crippen LogP contribution in [0.2, 0.25) is 0 Å². The Labute approximate surface area is 119 Å². The van der Waals surface area contributed by atoms with Crippen molar-refractivity contribution in [3.05, 3.63) is 40.9 Å². The molecule has 3 nitrogen and oxygen atoms in total. The average molecular weight is 287 g/mol. The third-order valence-electron chi connectivity index (χ3n) is 2.93. The van der Waals surface area contributed by atoms with E-state index in [1.807, 2.05) is 24.4 Å². The van der Waals surface area contributed by atoms with Gasteiger partial charge in [-0.15, -0.1) is 22.7 Å². The first kappa shape index (κ1) is 12.3. The molecule has 0 aliphatic carbocycles. The SMILES string of the molecule is Cc1ccccc1-c1nc(C)c(-c2csc(N)n2)s1.